The van der Waals surface area contributed by atoms with Gasteiger partial charge in [0.1, 0.15) is 0 Å². The summed E-state index contributed by atoms with van der Waals surface area (Å²) >= 11 is 2.99. The molecule has 0 N–H and O–H groups in total. The molecule has 0 aliphatic carbocycles. The SMILES string of the molecule is CC(C)N1C(=O)C(OC(=O)c2ccccc2)OC(Br)C1F. The summed E-state index contributed by atoms with van der Waals surface area (Å²) in [5.74, 6) is -1.41. The van der Waals surface area contributed by atoms with Gasteiger partial charge in [0.05, 0.1) is 5.56 Å². The van der Waals surface area contributed by atoms with Crippen LogP contribution in [0.3, 0.4) is 0 Å². The fourth-order valence-electron chi connectivity index (χ4n) is 1.97. The third kappa shape index (κ3) is 3.41. The molecule has 0 spiro atoms. The van der Waals surface area contributed by atoms with E-state index in [4.69, 9.17) is 9.47 Å². The van der Waals surface area contributed by atoms with Crippen molar-refractivity contribution in [2.75, 3.05) is 0 Å². The van der Waals surface area contributed by atoms with Crippen molar-refractivity contribution in [3.8, 4) is 0 Å². The third-order valence-corrected chi connectivity index (χ3v) is 3.62. The van der Waals surface area contributed by atoms with Gasteiger partial charge in [-0.15, -0.1) is 0 Å². The van der Waals surface area contributed by atoms with E-state index >= 15 is 0 Å². The second kappa shape index (κ2) is 6.53. The van der Waals surface area contributed by atoms with Gasteiger partial charge in [0.25, 0.3) is 12.2 Å². The van der Waals surface area contributed by atoms with Crippen molar-refractivity contribution >= 4 is 27.8 Å². The minimum Gasteiger partial charge on any atom is -0.422 e. The Balaban J connectivity index is 2.13. The minimum atomic E-state index is -1.64. The van der Waals surface area contributed by atoms with E-state index in [0.29, 0.717) is 5.56 Å². The molecule has 21 heavy (non-hydrogen) atoms. The van der Waals surface area contributed by atoms with E-state index in [0.717, 1.165) is 4.90 Å². The fraction of sp³-hybridized carbons (Fsp3) is 0.429. The van der Waals surface area contributed by atoms with Crippen LogP contribution < -0.4 is 0 Å². The van der Waals surface area contributed by atoms with Crippen molar-refractivity contribution in [3.05, 3.63) is 35.9 Å². The van der Waals surface area contributed by atoms with Crippen LogP contribution in [0, 0.1) is 0 Å². The lowest BCUT2D eigenvalue weighted by Gasteiger charge is -2.39. The number of rotatable bonds is 3. The number of nitrogens with zero attached hydrogens (tertiary/aromatic N) is 1. The average molecular weight is 360 g/mol. The first kappa shape index (κ1) is 15.9. The van der Waals surface area contributed by atoms with Gasteiger partial charge in [-0.1, -0.05) is 34.1 Å². The van der Waals surface area contributed by atoms with Crippen molar-refractivity contribution in [2.24, 2.45) is 0 Å². The molecule has 0 bridgehead atoms. The van der Waals surface area contributed by atoms with E-state index in [2.05, 4.69) is 15.9 Å². The zero-order valence-corrected chi connectivity index (χ0v) is 13.1. The molecule has 0 aromatic heterocycles. The molecule has 7 heteroatoms. The Morgan fingerprint density at radius 3 is 2.57 bits per heavy atom. The van der Waals surface area contributed by atoms with Crippen molar-refractivity contribution < 1.29 is 23.5 Å². The molecule has 1 amide bonds. The number of amides is 1. The highest BCUT2D eigenvalue weighted by Crippen LogP contribution is 2.27. The van der Waals surface area contributed by atoms with Gasteiger partial charge in [-0.2, -0.15) is 0 Å². The molecule has 0 saturated carbocycles. The number of halogens is 2. The van der Waals surface area contributed by atoms with Crippen LogP contribution in [0.4, 0.5) is 4.39 Å². The van der Waals surface area contributed by atoms with Gasteiger partial charge in [0, 0.05) is 6.04 Å². The molecule has 1 saturated heterocycles. The van der Waals surface area contributed by atoms with Crippen molar-refractivity contribution in [1.29, 1.82) is 0 Å². The monoisotopic (exact) mass is 359 g/mol. The summed E-state index contributed by atoms with van der Waals surface area (Å²) < 4.78 is 24.1. The molecule has 0 radical (unpaired) electrons. The maximum absolute atomic E-state index is 14.0. The Bertz CT molecular complexity index is 525. The van der Waals surface area contributed by atoms with E-state index in [-0.39, 0.29) is 6.04 Å². The highest BCUT2D eigenvalue weighted by atomic mass is 79.9. The summed E-state index contributed by atoms with van der Waals surface area (Å²) in [6, 6.07) is 7.83. The van der Waals surface area contributed by atoms with Gasteiger partial charge >= 0.3 is 5.97 Å². The smallest absolute Gasteiger partial charge is 0.340 e. The number of benzene rings is 1. The number of carbonyl (C=O) groups excluding carboxylic acids is 2. The lowest BCUT2D eigenvalue weighted by atomic mass is 10.2. The van der Waals surface area contributed by atoms with Crippen LogP contribution in [0.2, 0.25) is 0 Å². The topological polar surface area (TPSA) is 55.8 Å². The molecule has 1 aliphatic heterocycles. The van der Waals surface area contributed by atoms with Gasteiger partial charge in [0.15, 0.2) is 5.01 Å². The predicted molar refractivity (Wildman–Crippen MR) is 76.3 cm³/mol. The van der Waals surface area contributed by atoms with Gasteiger partial charge in [0.2, 0.25) is 6.30 Å². The summed E-state index contributed by atoms with van der Waals surface area (Å²) in [4.78, 5) is 25.1. The molecule has 3 unspecified atom stereocenters. The van der Waals surface area contributed by atoms with Crippen LogP contribution in [0.5, 0.6) is 0 Å². The van der Waals surface area contributed by atoms with Crippen molar-refractivity contribution in [1.82, 2.24) is 4.90 Å². The molecule has 3 atom stereocenters. The molecule has 1 aromatic rings. The Morgan fingerprint density at radius 2 is 2.00 bits per heavy atom. The molecular weight excluding hydrogens is 345 g/mol. The molecule has 1 aliphatic rings. The lowest BCUT2D eigenvalue weighted by Crippen LogP contribution is -2.58. The highest BCUT2D eigenvalue weighted by Gasteiger charge is 2.45. The van der Waals surface area contributed by atoms with Gasteiger partial charge in [-0.3, -0.25) is 4.79 Å². The summed E-state index contributed by atoms with van der Waals surface area (Å²) in [6.45, 7) is 3.34. The first-order chi connectivity index (χ1) is 9.91. The summed E-state index contributed by atoms with van der Waals surface area (Å²) in [5, 5.41) is -1.05. The van der Waals surface area contributed by atoms with Gasteiger partial charge in [-0.25, -0.2) is 9.18 Å². The minimum absolute atomic E-state index is 0.290. The standard InChI is InChI=1S/C14H15BrFNO4/c1-8(2)17-11(16)10(15)20-14(12(17)18)21-13(19)9-6-4-3-5-7-9/h3-8,10-11,14H,1-2H3. The Morgan fingerprint density at radius 1 is 1.38 bits per heavy atom. The number of ether oxygens (including phenoxy) is 2. The first-order valence-electron chi connectivity index (χ1n) is 6.43. The predicted octanol–water partition coefficient (Wildman–Crippen LogP) is 2.45. The number of hydrogen-bond acceptors (Lipinski definition) is 4. The van der Waals surface area contributed by atoms with E-state index in [1.807, 2.05) is 0 Å². The normalized spacial score (nSPS) is 26.0. The Hall–Kier alpha value is -1.47. The lowest BCUT2D eigenvalue weighted by molar-refractivity contribution is -0.212. The highest BCUT2D eigenvalue weighted by molar-refractivity contribution is 9.09. The molecule has 5 nitrogen and oxygen atoms in total. The maximum atomic E-state index is 14.0. The zero-order chi connectivity index (χ0) is 15.6. The van der Waals surface area contributed by atoms with E-state index in [1.54, 1.807) is 44.2 Å². The molecule has 1 aromatic carbocycles. The van der Waals surface area contributed by atoms with Crippen LogP contribution in [0.25, 0.3) is 0 Å². The van der Waals surface area contributed by atoms with Crippen LogP contribution in [0.15, 0.2) is 30.3 Å². The summed E-state index contributed by atoms with van der Waals surface area (Å²) in [7, 11) is 0. The van der Waals surface area contributed by atoms with E-state index in [9.17, 15) is 14.0 Å². The van der Waals surface area contributed by atoms with Crippen LogP contribution in [-0.4, -0.2) is 40.4 Å². The number of hydrogen-bond donors (Lipinski definition) is 0. The van der Waals surface area contributed by atoms with E-state index < -0.39 is 29.5 Å². The maximum Gasteiger partial charge on any atom is 0.340 e. The number of esters is 1. The summed E-state index contributed by atoms with van der Waals surface area (Å²) in [5.41, 5.74) is 0.290. The number of carbonyl (C=O) groups is 2. The number of alkyl halides is 2. The first-order valence-corrected chi connectivity index (χ1v) is 7.35. The summed E-state index contributed by atoms with van der Waals surface area (Å²) in [6.07, 6.45) is -3.10. The Kier molecular flexibility index (Phi) is 4.95. The van der Waals surface area contributed by atoms with Crippen LogP contribution in [0.1, 0.15) is 24.2 Å². The quantitative estimate of drug-likeness (QED) is 0.472. The average Bonchev–Trinajstić information content (AvgIpc) is 2.45. The molecular formula is C14H15BrFNO4. The van der Waals surface area contributed by atoms with Crippen molar-refractivity contribution in [3.63, 3.8) is 0 Å². The fourth-order valence-corrected chi connectivity index (χ4v) is 2.42. The Labute approximate surface area is 130 Å². The van der Waals surface area contributed by atoms with Crippen molar-refractivity contribution in [2.45, 2.75) is 37.5 Å². The van der Waals surface area contributed by atoms with E-state index in [1.165, 1.54) is 0 Å². The molecule has 1 heterocycles. The molecule has 114 valence electrons. The third-order valence-electron chi connectivity index (χ3n) is 2.97. The molecule has 1 fully saturated rings. The zero-order valence-electron chi connectivity index (χ0n) is 11.5. The number of morpholine rings is 1. The second-order valence-electron chi connectivity index (χ2n) is 4.80. The van der Waals surface area contributed by atoms with Crippen LogP contribution in [-0.2, 0) is 14.3 Å². The second-order valence-corrected chi connectivity index (χ2v) is 5.70. The largest absolute Gasteiger partial charge is 0.422 e. The van der Waals surface area contributed by atoms with Gasteiger partial charge < -0.3 is 14.4 Å². The molecule has 2 rings (SSSR count). The van der Waals surface area contributed by atoms with Gasteiger partial charge in [-0.05, 0) is 26.0 Å². The van der Waals surface area contributed by atoms with Crippen LogP contribution >= 0.6 is 15.9 Å².